The molecular formula is C30H45N5O4. The van der Waals surface area contributed by atoms with Gasteiger partial charge in [0.05, 0.1) is 18.6 Å². The van der Waals surface area contributed by atoms with Gasteiger partial charge in [0.25, 0.3) is 5.91 Å². The number of hydrogen-bond acceptors (Lipinski definition) is 6. The Balaban J connectivity index is 1.21. The van der Waals surface area contributed by atoms with E-state index < -0.39 is 12.1 Å². The van der Waals surface area contributed by atoms with Crippen LogP contribution in [0.4, 0.5) is 5.69 Å². The van der Waals surface area contributed by atoms with Crippen LogP contribution in [-0.4, -0.2) is 84.2 Å². The Morgan fingerprint density at radius 1 is 0.974 bits per heavy atom. The molecule has 4 unspecified atom stereocenters. The Labute approximate surface area is 232 Å². The van der Waals surface area contributed by atoms with E-state index in [1.165, 1.54) is 12.8 Å². The van der Waals surface area contributed by atoms with E-state index in [0.717, 1.165) is 25.2 Å². The minimum absolute atomic E-state index is 0.0356. The van der Waals surface area contributed by atoms with Crippen LogP contribution in [0.3, 0.4) is 0 Å². The summed E-state index contributed by atoms with van der Waals surface area (Å²) in [6, 6.07) is 6.29. The van der Waals surface area contributed by atoms with Crippen LogP contribution in [0.2, 0.25) is 0 Å². The third-order valence-electron chi connectivity index (χ3n) is 8.44. The zero-order valence-corrected chi connectivity index (χ0v) is 23.7. The molecule has 3 aliphatic rings. The quantitative estimate of drug-likeness (QED) is 0.447. The fourth-order valence-corrected chi connectivity index (χ4v) is 6.09. The van der Waals surface area contributed by atoms with E-state index in [4.69, 9.17) is 5.73 Å². The van der Waals surface area contributed by atoms with Gasteiger partial charge >= 0.3 is 0 Å². The number of nitrogens with zero attached hydrogens (tertiary/aromatic N) is 3. The molecule has 1 aromatic rings. The Hall–Kier alpha value is -2.94. The van der Waals surface area contributed by atoms with Gasteiger partial charge in [-0.1, -0.05) is 20.8 Å². The van der Waals surface area contributed by atoms with E-state index in [9.17, 15) is 19.2 Å². The molecule has 0 saturated carbocycles. The number of benzene rings is 1. The van der Waals surface area contributed by atoms with Crippen molar-refractivity contribution in [3.05, 3.63) is 29.8 Å². The van der Waals surface area contributed by atoms with Crippen molar-refractivity contribution >= 4 is 29.2 Å². The van der Waals surface area contributed by atoms with E-state index in [1.54, 1.807) is 9.80 Å². The zero-order chi connectivity index (χ0) is 28.1. The number of carbonyl (C=O) groups is 4. The number of amides is 3. The summed E-state index contributed by atoms with van der Waals surface area (Å²) in [5.74, 6) is 0.0693. The normalized spacial score (nSPS) is 22.4. The Kier molecular flexibility index (Phi) is 9.64. The summed E-state index contributed by atoms with van der Waals surface area (Å²) >= 11 is 0. The maximum absolute atomic E-state index is 13.1. The van der Waals surface area contributed by atoms with Crippen molar-refractivity contribution in [2.75, 3.05) is 37.6 Å². The topological polar surface area (TPSA) is 116 Å². The first-order valence-corrected chi connectivity index (χ1v) is 14.7. The fourth-order valence-electron chi connectivity index (χ4n) is 6.09. The van der Waals surface area contributed by atoms with Gasteiger partial charge in [-0.25, -0.2) is 0 Å². The lowest BCUT2D eigenvalue weighted by Crippen LogP contribution is -2.48. The SMILES string of the molecule is CC(C)CCC(N)C(=O)N1CC(=O)C2C1CCN2C(=O)CC(C)CCNC(=O)c1ccc(N2CCCC2)cc1. The smallest absolute Gasteiger partial charge is 0.251 e. The predicted octanol–water partition coefficient (Wildman–Crippen LogP) is 2.58. The summed E-state index contributed by atoms with van der Waals surface area (Å²) in [5, 5.41) is 2.96. The van der Waals surface area contributed by atoms with Crippen molar-refractivity contribution in [1.29, 1.82) is 0 Å². The molecule has 0 aromatic heterocycles. The molecule has 39 heavy (non-hydrogen) atoms. The first-order chi connectivity index (χ1) is 18.7. The maximum atomic E-state index is 13.1. The van der Waals surface area contributed by atoms with Crippen molar-refractivity contribution in [3.63, 3.8) is 0 Å². The molecule has 0 aliphatic carbocycles. The maximum Gasteiger partial charge on any atom is 0.251 e. The van der Waals surface area contributed by atoms with Gasteiger partial charge in [0.15, 0.2) is 5.78 Å². The lowest BCUT2D eigenvalue weighted by atomic mass is 10.0. The summed E-state index contributed by atoms with van der Waals surface area (Å²) in [6.45, 7) is 9.29. The number of fused-ring (bicyclic) bond motifs is 1. The van der Waals surface area contributed by atoms with Crippen LogP contribution in [0.15, 0.2) is 24.3 Å². The number of likely N-dealkylation sites (tertiary alicyclic amines) is 2. The molecule has 3 N–H and O–H groups in total. The van der Waals surface area contributed by atoms with Crippen LogP contribution in [0.25, 0.3) is 0 Å². The van der Waals surface area contributed by atoms with E-state index in [2.05, 4.69) is 24.1 Å². The number of nitrogens with one attached hydrogen (secondary N) is 1. The lowest BCUT2D eigenvalue weighted by molar-refractivity contribution is -0.137. The highest BCUT2D eigenvalue weighted by atomic mass is 16.2. The first kappa shape index (κ1) is 29.1. The highest BCUT2D eigenvalue weighted by molar-refractivity contribution is 5.98. The minimum atomic E-state index is -0.609. The summed E-state index contributed by atoms with van der Waals surface area (Å²) in [7, 11) is 0. The molecule has 9 nitrogen and oxygen atoms in total. The van der Waals surface area contributed by atoms with Crippen LogP contribution in [-0.2, 0) is 14.4 Å². The molecular weight excluding hydrogens is 494 g/mol. The number of hydrogen-bond donors (Lipinski definition) is 2. The number of anilines is 1. The van der Waals surface area contributed by atoms with Gasteiger partial charge in [0, 0.05) is 43.9 Å². The number of nitrogens with two attached hydrogens (primary N) is 1. The Bertz CT molecular complexity index is 1040. The van der Waals surface area contributed by atoms with E-state index in [1.807, 2.05) is 31.2 Å². The van der Waals surface area contributed by atoms with Gasteiger partial charge in [-0.15, -0.1) is 0 Å². The fraction of sp³-hybridized carbons (Fsp3) is 0.667. The van der Waals surface area contributed by atoms with Crippen LogP contribution < -0.4 is 16.0 Å². The molecule has 214 valence electrons. The van der Waals surface area contributed by atoms with E-state index in [0.29, 0.717) is 50.3 Å². The standard InChI is InChI=1S/C30H45N5O4/c1-20(2)6-11-24(31)30(39)35-19-26(36)28-25(35)13-17-34(28)27(37)18-21(3)12-14-32-29(38)22-7-9-23(10-8-22)33-15-4-5-16-33/h7-10,20-21,24-25,28H,4-6,11-19,31H2,1-3H3,(H,32,38). The minimum Gasteiger partial charge on any atom is -0.372 e. The monoisotopic (exact) mass is 539 g/mol. The number of ketones is 1. The van der Waals surface area contributed by atoms with Crippen LogP contribution in [0.1, 0.15) is 76.1 Å². The van der Waals surface area contributed by atoms with Crippen molar-refractivity contribution in [2.24, 2.45) is 17.6 Å². The molecule has 0 radical (unpaired) electrons. The average molecular weight is 540 g/mol. The third-order valence-corrected chi connectivity index (χ3v) is 8.44. The largest absolute Gasteiger partial charge is 0.372 e. The second-order valence-electron chi connectivity index (χ2n) is 12.0. The predicted molar refractivity (Wildman–Crippen MR) is 151 cm³/mol. The summed E-state index contributed by atoms with van der Waals surface area (Å²) < 4.78 is 0. The molecule has 0 spiro atoms. The second kappa shape index (κ2) is 12.9. The lowest BCUT2D eigenvalue weighted by Gasteiger charge is -2.27. The molecule has 3 saturated heterocycles. The molecule has 3 fully saturated rings. The molecule has 0 bridgehead atoms. The van der Waals surface area contributed by atoms with Gasteiger partial charge < -0.3 is 25.8 Å². The summed E-state index contributed by atoms with van der Waals surface area (Å²) in [4.78, 5) is 57.2. The summed E-state index contributed by atoms with van der Waals surface area (Å²) in [6.07, 6.45) is 5.45. The highest BCUT2D eigenvalue weighted by Crippen LogP contribution is 2.31. The third kappa shape index (κ3) is 6.99. The second-order valence-corrected chi connectivity index (χ2v) is 12.0. The van der Waals surface area contributed by atoms with Gasteiger partial charge in [0.1, 0.15) is 6.04 Å². The van der Waals surface area contributed by atoms with Crippen LogP contribution >= 0.6 is 0 Å². The van der Waals surface area contributed by atoms with Crippen molar-refractivity contribution in [3.8, 4) is 0 Å². The van der Waals surface area contributed by atoms with E-state index >= 15 is 0 Å². The molecule has 3 heterocycles. The molecule has 1 aromatic carbocycles. The first-order valence-electron chi connectivity index (χ1n) is 14.7. The highest BCUT2D eigenvalue weighted by Gasteiger charge is 2.51. The Morgan fingerprint density at radius 3 is 2.33 bits per heavy atom. The van der Waals surface area contributed by atoms with Gasteiger partial charge in [-0.05, 0) is 74.6 Å². The van der Waals surface area contributed by atoms with Crippen LogP contribution in [0, 0.1) is 11.8 Å². The van der Waals surface area contributed by atoms with Crippen molar-refractivity contribution in [2.45, 2.75) is 83.8 Å². The molecule has 4 atom stereocenters. The molecule has 4 rings (SSSR count). The van der Waals surface area contributed by atoms with E-state index in [-0.39, 0.29) is 42.0 Å². The molecule has 9 heteroatoms. The number of Topliss-reactive ketones (excluding diaryl/α,β-unsaturated/α-hetero) is 1. The van der Waals surface area contributed by atoms with Crippen molar-refractivity contribution < 1.29 is 19.2 Å². The van der Waals surface area contributed by atoms with Crippen LogP contribution in [0.5, 0.6) is 0 Å². The van der Waals surface area contributed by atoms with Gasteiger partial charge in [-0.3, -0.25) is 19.2 Å². The van der Waals surface area contributed by atoms with Gasteiger partial charge in [0.2, 0.25) is 11.8 Å². The summed E-state index contributed by atoms with van der Waals surface area (Å²) in [5.41, 5.74) is 7.94. The number of rotatable bonds is 11. The van der Waals surface area contributed by atoms with Crippen molar-refractivity contribution in [1.82, 2.24) is 15.1 Å². The zero-order valence-electron chi connectivity index (χ0n) is 23.7. The molecule has 3 aliphatic heterocycles. The Morgan fingerprint density at radius 2 is 1.67 bits per heavy atom. The van der Waals surface area contributed by atoms with Gasteiger partial charge in [-0.2, -0.15) is 0 Å². The average Bonchev–Trinajstić information content (AvgIpc) is 3.66. The molecule has 3 amide bonds. The number of carbonyl (C=O) groups excluding carboxylic acids is 4.